The third-order valence-corrected chi connectivity index (χ3v) is 4.02. The van der Waals surface area contributed by atoms with Crippen molar-refractivity contribution in [1.29, 1.82) is 0 Å². The highest BCUT2D eigenvalue weighted by molar-refractivity contribution is 5.89. The number of amides is 2. The number of pyridine rings is 1. The molecule has 0 unspecified atom stereocenters. The van der Waals surface area contributed by atoms with E-state index in [1.165, 1.54) is 0 Å². The first-order valence-corrected chi connectivity index (χ1v) is 7.64. The molecule has 120 valence electrons. The van der Waals surface area contributed by atoms with E-state index < -0.39 is 0 Å². The molecule has 1 saturated heterocycles. The third-order valence-electron chi connectivity index (χ3n) is 4.02. The summed E-state index contributed by atoms with van der Waals surface area (Å²) < 4.78 is 0. The van der Waals surface area contributed by atoms with Gasteiger partial charge in [0.05, 0.1) is 6.54 Å². The number of anilines is 1. The van der Waals surface area contributed by atoms with Gasteiger partial charge in [0.15, 0.2) is 0 Å². The van der Waals surface area contributed by atoms with Gasteiger partial charge in [-0.2, -0.15) is 0 Å². The summed E-state index contributed by atoms with van der Waals surface area (Å²) in [5.41, 5.74) is 0.763. The van der Waals surface area contributed by atoms with Gasteiger partial charge >= 0.3 is 6.03 Å². The van der Waals surface area contributed by atoms with Crippen LogP contribution < -0.4 is 5.32 Å². The van der Waals surface area contributed by atoms with Crippen molar-refractivity contribution in [2.24, 2.45) is 0 Å². The molecule has 2 amide bonds. The van der Waals surface area contributed by atoms with Crippen molar-refractivity contribution >= 4 is 11.7 Å². The molecule has 2 aromatic rings. The Bertz CT molecular complexity index is 636. The molecular formula is C16H20N6O. The number of rotatable bonds is 4. The lowest BCUT2D eigenvalue weighted by Crippen LogP contribution is -2.38. The Morgan fingerprint density at radius 2 is 2.04 bits per heavy atom. The number of hydrogen-bond acceptors (Lipinski definition) is 5. The Morgan fingerprint density at radius 3 is 2.78 bits per heavy atom. The zero-order valence-corrected chi connectivity index (χ0v) is 13.1. The minimum atomic E-state index is -0.0666. The molecule has 1 aliphatic heterocycles. The van der Waals surface area contributed by atoms with Crippen molar-refractivity contribution < 1.29 is 4.79 Å². The molecule has 0 radical (unpaired) electrons. The van der Waals surface area contributed by atoms with Gasteiger partial charge in [0.2, 0.25) is 0 Å². The Morgan fingerprint density at radius 1 is 1.30 bits per heavy atom. The van der Waals surface area contributed by atoms with E-state index in [0.717, 1.165) is 24.5 Å². The Labute approximate surface area is 135 Å². The van der Waals surface area contributed by atoms with E-state index in [2.05, 4.69) is 25.2 Å². The van der Waals surface area contributed by atoms with Gasteiger partial charge in [0, 0.05) is 49.6 Å². The summed E-state index contributed by atoms with van der Waals surface area (Å²) in [7, 11) is 2.05. The maximum absolute atomic E-state index is 12.3. The fraction of sp³-hybridized carbons (Fsp3) is 0.375. The monoisotopic (exact) mass is 312 g/mol. The lowest BCUT2D eigenvalue weighted by atomic mass is 10.2. The quantitative estimate of drug-likeness (QED) is 0.928. The summed E-state index contributed by atoms with van der Waals surface area (Å²) in [6, 6.07) is 5.63. The summed E-state index contributed by atoms with van der Waals surface area (Å²) >= 11 is 0. The highest BCUT2D eigenvalue weighted by Gasteiger charge is 2.29. The number of carbonyl (C=O) groups is 1. The second kappa shape index (κ2) is 7.15. The topological polar surface area (TPSA) is 74.2 Å². The average molecular weight is 312 g/mol. The largest absolute Gasteiger partial charge is 0.323 e. The van der Waals surface area contributed by atoms with Gasteiger partial charge in [-0.1, -0.05) is 0 Å². The third kappa shape index (κ3) is 4.01. The second-order valence-electron chi connectivity index (χ2n) is 5.63. The zero-order chi connectivity index (χ0) is 16.1. The molecule has 0 aromatic carbocycles. The lowest BCUT2D eigenvalue weighted by Gasteiger charge is -2.24. The normalized spacial score (nSPS) is 17.5. The SMILES string of the molecule is CN(Cc1ncccn1)[C@@H]1CCN(C(=O)Nc2ccncc2)C1. The van der Waals surface area contributed by atoms with Gasteiger partial charge in [-0.3, -0.25) is 9.88 Å². The van der Waals surface area contributed by atoms with Gasteiger partial charge in [-0.25, -0.2) is 14.8 Å². The Hall–Kier alpha value is -2.54. The zero-order valence-electron chi connectivity index (χ0n) is 13.1. The van der Waals surface area contributed by atoms with Crippen molar-refractivity contribution in [3.8, 4) is 0 Å². The fourth-order valence-electron chi connectivity index (χ4n) is 2.69. The Kier molecular flexibility index (Phi) is 4.77. The molecule has 1 fully saturated rings. The van der Waals surface area contributed by atoms with Crippen LogP contribution in [0.5, 0.6) is 0 Å². The highest BCUT2D eigenvalue weighted by atomic mass is 16.2. The van der Waals surface area contributed by atoms with Crippen LogP contribution in [-0.4, -0.2) is 57.0 Å². The summed E-state index contributed by atoms with van der Waals surface area (Å²) in [5, 5.41) is 2.90. The average Bonchev–Trinajstić information content (AvgIpc) is 3.07. The van der Waals surface area contributed by atoms with Gasteiger partial charge in [-0.05, 0) is 31.7 Å². The lowest BCUT2D eigenvalue weighted by molar-refractivity contribution is 0.206. The van der Waals surface area contributed by atoms with Crippen LogP contribution in [0.1, 0.15) is 12.2 Å². The van der Waals surface area contributed by atoms with Gasteiger partial charge < -0.3 is 10.2 Å². The highest BCUT2D eigenvalue weighted by Crippen LogP contribution is 2.17. The first-order chi connectivity index (χ1) is 11.2. The number of hydrogen-bond donors (Lipinski definition) is 1. The molecule has 0 spiro atoms. The molecule has 3 heterocycles. The summed E-state index contributed by atoms with van der Waals surface area (Å²) in [6.07, 6.45) is 7.78. The molecule has 2 aromatic heterocycles. The van der Waals surface area contributed by atoms with Gasteiger partial charge in [-0.15, -0.1) is 0 Å². The van der Waals surface area contributed by atoms with E-state index in [4.69, 9.17) is 0 Å². The van der Waals surface area contributed by atoms with Gasteiger partial charge in [0.1, 0.15) is 5.82 Å². The number of carbonyl (C=O) groups excluding carboxylic acids is 1. The standard InChI is InChI=1S/C16H20N6O/c1-21(12-15-18-6-2-7-19-15)14-5-10-22(11-14)16(23)20-13-3-8-17-9-4-13/h2-4,6-9,14H,5,10-12H2,1H3,(H,17,20,23)/t14-/m1/s1. The maximum atomic E-state index is 12.3. The van der Waals surface area contributed by atoms with Crippen LogP contribution in [0.25, 0.3) is 0 Å². The van der Waals surface area contributed by atoms with Crippen molar-refractivity contribution in [2.45, 2.75) is 19.0 Å². The van der Waals surface area contributed by atoms with Crippen LogP contribution in [0.15, 0.2) is 43.0 Å². The van der Waals surface area contributed by atoms with Gasteiger partial charge in [0.25, 0.3) is 0 Å². The van der Waals surface area contributed by atoms with Crippen molar-refractivity contribution in [3.05, 3.63) is 48.8 Å². The molecule has 0 aliphatic carbocycles. The predicted molar refractivity (Wildman–Crippen MR) is 86.7 cm³/mol. The maximum Gasteiger partial charge on any atom is 0.321 e. The van der Waals surface area contributed by atoms with Crippen LogP contribution in [0, 0.1) is 0 Å². The Balaban J connectivity index is 1.52. The summed E-state index contributed by atoms with van der Waals surface area (Å²) in [6.45, 7) is 2.15. The van der Waals surface area contributed by atoms with E-state index >= 15 is 0 Å². The summed E-state index contributed by atoms with van der Waals surface area (Å²) in [5.74, 6) is 0.801. The molecule has 3 rings (SSSR count). The molecule has 1 atom stereocenters. The van der Waals surface area contributed by atoms with Crippen LogP contribution >= 0.6 is 0 Å². The number of likely N-dealkylation sites (tertiary alicyclic amines) is 1. The summed E-state index contributed by atoms with van der Waals surface area (Å²) in [4.78, 5) is 28.8. The molecule has 1 N–H and O–H groups in total. The number of urea groups is 1. The van der Waals surface area contributed by atoms with Crippen LogP contribution in [0.3, 0.4) is 0 Å². The number of likely N-dealkylation sites (N-methyl/N-ethyl adjacent to an activating group) is 1. The first kappa shape index (κ1) is 15.4. The van der Waals surface area contributed by atoms with Crippen LogP contribution in [0.4, 0.5) is 10.5 Å². The molecular weight excluding hydrogens is 292 g/mol. The van der Waals surface area contributed by atoms with Crippen molar-refractivity contribution in [1.82, 2.24) is 24.8 Å². The molecule has 0 bridgehead atoms. The minimum Gasteiger partial charge on any atom is -0.323 e. The van der Waals surface area contributed by atoms with Crippen molar-refractivity contribution in [3.63, 3.8) is 0 Å². The number of aromatic nitrogens is 3. The van der Waals surface area contributed by atoms with E-state index in [-0.39, 0.29) is 6.03 Å². The van der Waals surface area contributed by atoms with E-state index in [1.807, 2.05) is 18.0 Å². The smallest absolute Gasteiger partial charge is 0.321 e. The molecule has 1 aliphatic rings. The van der Waals surface area contributed by atoms with E-state index in [1.54, 1.807) is 36.9 Å². The predicted octanol–water partition coefficient (Wildman–Crippen LogP) is 1.61. The molecule has 0 saturated carbocycles. The number of nitrogens with zero attached hydrogens (tertiary/aromatic N) is 5. The van der Waals surface area contributed by atoms with Crippen LogP contribution in [-0.2, 0) is 6.54 Å². The van der Waals surface area contributed by atoms with E-state index in [9.17, 15) is 4.79 Å². The first-order valence-electron chi connectivity index (χ1n) is 7.64. The molecule has 7 heteroatoms. The van der Waals surface area contributed by atoms with Crippen LogP contribution in [0.2, 0.25) is 0 Å². The fourth-order valence-corrected chi connectivity index (χ4v) is 2.69. The molecule has 7 nitrogen and oxygen atoms in total. The second-order valence-corrected chi connectivity index (χ2v) is 5.63. The minimum absolute atomic E-state index is 0.0666. The number of nitrogens with one attached hydrogen (secondary N) is 1. The van der Waals surface area contributed by atoms with E-state index in [0.29, 0.717) is 19.1 Å². The molecule has 23 heavy (non-hydrogen) atoms. The van der Waals surface area contributed by atoms with Crippen molar-refractivity contribution in [2.75, 3.05) is 25.5 Å².